The highest BCUT2D eigenvalue weighted by molar-refractivity contribution is 7.89. The van der Waals surface area contributed by atoms with Crippen molar-refractivity contribution >= 4 is 15.9 Å². The second kappa shape index (κ2) is 9.89. The molecule has 0 atom stereocenters. The zero-order chi connectivity index (χ0) is 22.5. The number of rotatable bonds is 8. The maximum Gasteiger partial charge on any atom is 0.251 e. The number of carbonyl (C=O) groups is 1. The Morgan fingerprint density at radius 2 is 1.74 bits per heavy atom. The van der Waals surface area contributed by atoms with Gasteiger partial charge in [0, 0.05) is 43.8 Å². The highest BCUT2D eigenvalue weighted by Crippen LogP contribution is 2.34. The molecule has 6 nitrogen and oxygen atoms in total. The molecule has 2 aromatic carbocycles. The molecular formula is C23H29FN2O4S. The van der Waals surface area contributed by atoms with Gasteiger partial charge in [0.1, 0.15) is 5.82 Å². The van der Waals surface area contributed by atoms with Gasteiger partial charge in [-0.1, -0.05) is 32.0 Å². The molecule has 3 rings (SSSR count). The van der Waals surface area contributed by atoms with E-state index >= 15 is 0 Å². The molecule has 31 heavy (non-hydrogen) atoms. The molecule has 0 radical (unpaired) electrons. The summed E-state index contributed by atoms with van der Waals surface area (Å²) < 4.78 is 45.8. The van der Waals surface area contributed by atoms with E-state index < -0.39 is 10.0 Å². The van der Waals surface area contributed by atoms with E-state index in [0.717, 1.165) is 5.56 Å². The van der Waals surface area contributed by atoms with E-state index in [-0.39, 0.29) is 27.6 Å². The molecule has 1 heterocycles. The second-order valence-electron chi connectivity index (χ2n) is 7.70. The third kappa shape index (κ3) is 5.14. The summed E-state index contributed by atoms with van der Waals surface area (Å²) in [5, 5.41) is 2.96. The number of nitrogens with zero attached hydrogens (tertiary/aromatic N) is 1. The Labute approximate surface area is 183 Å². The number of ether oxygens (including phenoxy) is 1. The molecule has 1 aliphatic heterocycles. The maximum atomic E-state index is 13.4. The molecule has 0 bridgehead atoms. The van der Waals surface area contributed by atoms with E-state index in [0.29, 0.717) is 45.7 Å². The summed E-state index contributed by atoms with van der Waals surface area (Å²) in [6.45, 7) is 5.75. The fraction of sp³-hybridized carbons (Fsp3) is 0.435. The summed E-state index contributed by atoms with van der Waals surface area (Å²) in [7, 11) is -3.65. The van der Waals surface area contributed by atoms with Gasteiger partial charge in [0.25, 0.3) is 5.91 Å². The Kier molecular flexibility index (Phi) is 7.46. The van der Waals surface area contributed by atoms with Gasteiger partial charge >= 0.3 is 0 Å². The van der Waals surface area contributed by atoms with Crippen molar-refractivity contribution in [2.45, 2.75) is 37.0 Å². The lowest BCUT2D eigenvalue weighted by atomic mass is 9.74. The molecular weight excluding hydrogens is 419 g/mol. The van der Waals surface area contributed by atoms with Gasteiger partial charge in [0.15, 0.2) is 0 Å². The van der Waals surface area contributed by atoms with Gasteiger partial charge in [-0.15, -0.1) is 0 Å². The molecule has 1 N–H and O–H groups in total. The number of amides is 1. The van der Waals surface area contributed by atoms with Crippen LogP contribution in [0.25, 0.3) is 0 Å². The Morgan fingerprint density at radius 1 is 1.10 bits per heavy atom. The number of sulfonamides is 1. The van der Waals surface area contributed by atoms with Crippen molar-refractivity contribution in [3.8, 4) is 0 Å². The van der Waals surface area contributed by atoms with E-state index in [1.54, 1.807) is 38.1 Å². The van der Waals surface area contributed by atoms with Crippen LogP contribution in [0.1, 0.15) is 42.6 Å². The number of hydrogen-bond donors (Lipinski definition) is 1. The molecule has 1 aliphatic rings. The van der Waals surface area contributed by atoms with Crippen LogP contribution in [0.5, 0.6) is 0 Å². The molecule has 1 amide bonds. The zero-order valence-corrected chi connectivity index (χ0v) is 18.8. The largest absolute Gasteiger partial charge is 0.381 e. The molecule has 1 fully saturated rings. The standard InChI is InChI=1S/C23H29FN2O4S/c1-3-26(4-2)31(28,29)21-7-5-6-18(16-21)22(27)25-17-23(12-14-30-15-13-23)19-8-10-20(24)11-9-19/h5-11,16H,3-4,12-15,17H2,1-2H3,(H,25,27). The topological polar surface area (TPSA) is 75.7 Å². The van der Waals surface area contributed by atoms with Gasteiger partial charge in [-0.2, -0.15) is 4.31 Å². The average Bonchev–Trinajstić information content (AvgIpc) is 2.79. The van der Waals surface area contributed by atoms with Gasteiger partial charge in [-0.3, -0.25) is 4.79 Å². The Morgan fingerprint density at radius 3 is 2.35 bits per heavy atom. The van der Waals surface area contributed by atoms with Crippen LogP contribution in [0.4, 0.5) is 4.39 Å². The third-order valence-electron chi connectivity index (χ3n) is 5.93. The molecule has 2 aromatic rings. The van der Waals surface area contributed by atoms with E-state index in [9.17, 15) is 17.6 Å². The third-order valence-corrected chi connectivity index (χ3v) is 7.98. The summed E-state index contributed by atoms with van der Waals surface area (Å²) in [6.07, 6.45) is 1.41. The first kappa shape index (κ1) is 23.4. The minimum absolute atomic E-state index is 0.100. The first-order valence-corrected chi connectivity index (χ1v) is 12.0. The average molecular weight is 449 g/mol. The first-order valence-electron chi connectivity index (χ1n) is 10.5. The molecule has 0 aliphatic carbocycles. The predicted molar refractivity (Wildman–Crippen MR) is 117 cm³/mol. The Bertz CT molecular complexity index is 998. The Hall–Kier alpha value is -2.29. The lowest BCUT2D eigenvalue weighted by Crippen LogP contribution is -2.44. The number of hydrogen-bond acceptors (Lipinski definition) is 4. The van der Waals surface area contributed by atoms with E-state index in [2.05, 4.69) is 5.32 Å². The highest BCUT2D eigenvalue weighted by Gasteiger charge is 2.35. The van der Waals surface area contributed by atoms with Crippen LogP contribution in [0.15, 0.2) is 53.4 Å². The van der Waals surface area contributed by atoms with E-state index in [1.807, 2.05) is 0 Å². The van der Waals surface area contributed by atoms with Crippen LogP contribution < -0.4 is 5.32 Å². The summed E-state index contributed by atoms with van der Waals surface area (Å²) >= 11 is 0. The number of carbonyl (C=O) groups excluding carboxylic acids is 1. The summed E-state index contributed by atoms with van der Waals surface area (Å²) in [6, 6.07) is 12.5. The van der Waals surface area contributed by atoms with Crippen molar-refractivity contribution in [1.82, 2.24) is 9.62 Å². The molecule has 0 spiro atoms. The van der Waals surface area contributed by atoms with Crippen LogP contribution >= 0.6 is 0 Å². The molecule has 0 unspecified atom stereocenters. The smallest absolute Gasteiger partial charge is 0.251 e. The first-order chi connectivity index (χ1) is 14.8. The number of halogens is 1. The summed E-state index contributed by atoms with van der Waals surface area (Å²) in [4.78, 5) is 13.0. The van der Waals surface area contributed by atoms with Crippen molar-refractivity contribution < 1.29 is 22.3 Å². The molecule has 0 saturated carbocycles. The van der Waals surface area contributed by atoms with Crippen molar-refractivity contribution in [1.29, 1.82) is 0 Å². The molecule has 0 aromatic heterocycles. The minimum atomic E-state index is -3.65. The second-order valence-corrected chi connectivity index (χ2v) is 9.64. The van der Waals surface area contributed by atoms with Gasteiger partial charge in [0.05, 0.1) is 4.90 Å². The van der Waals surface area contributed by atoms with Gasteiger partial charge in [-0.25, -0.2) is 12.8 Å². The van der Waals surface area contributed by atoms with Crippen LogP contribution in [-0.2, 0) is 20.2 Å². The quantitative estimate of drug-likeness (QED) is 0.672. The number of nitrogens with one attached hydrogen (secondary N) is 1. The molecule has 8 heteroatoms. The lowest BCUT2D eigenvalue weighted by Gasteiger charge is -2.38. The van der Waals surface area contributed by atoms with Crippen LogP contribution in [0, 0.1) is 5.82 Å². The van der Waals surface area contributed by atoms with Gasteiger partial charge in [0.2, 0.25) is 10.0 Å². The predicted octanol–water partition coefficient (Wildman–Crippen LogP) is 3.33. The lowest BCUT2D eigenvalue weighted by molar-refractivity contribution is 0.0487. The van der Waals surface area contributed by atoms with Crippen molar-refractivity contribution in [2.75, 3.05) is 32.8 Å². The van der Waals surface area contributed by atoms with Crippen molar-refractivity contribution in [2.24, 2.45) is 0 Å². The van der Waals surface area contributed by atoms with Crippen LogP contribution in [0.2, 0.25) is 0 Å². The van der Waals surface area contributed by atoms with Crippen molar-refractivity contribution in [3.05, 3.63) is 65.5 Å². The number of benzene rings is 2. The van der Waals surface area contributed by atoms with E-state index in [1.165, 1.54) is 28.6 Å². The maximum absolute atomic E-state index is 13.4. The van der Waals surface area contributed by atoms with Crippen molar-refractivity contribution in [3.63, 3.8) is 0 Å². The SMILES string of the molecule is CCN(CC)S(=O)(=O)c1cccc(C(=O)NCC2(c3ccc(F)cc3)CCOCC2)c1. The molecule has 1 saturated heterocycles. The zero-order valence-electron chi connectivity index (χ0n) is 17.9. The van der Waals surface area contributed by atoms with E-state index in [4.69, 9.17) is 4.74 Å². The highest BCUT2D eigenvalue weighted by atomic mass is 32.2. The monoisotopic (exact) mass is 448 g/mol. The normalized spacial score (nSPS) is 16.3. The summed E-state index contributed by atoms with van der Waals surface area (Å²) in [5.74, 6) is -0.647. The van der Waals surface area contributed by atoms with Gasteiger partial charge in [-0.05, 0) is 48.7 Å². The fourth-order valence-corrected chi connectivity index (χ4v) is 5.50. The summed E-state index contributed by atoms with van der Waals surface area (Å²) in [5.41, 5.74) is 0.886. The van der Waals surface area contributed by atoms with Crippen LogP contribution in [-0.4, -0.2) is 51.5 Å². The fourth-order valence-electron chi connectivity index (χ4n) is 4.00. The van der Waals surface area contributed by atoms with Gasteiger partial charge < -0.3 is 10.1 Å². The van der Waals surface area contributed by atoms with Crippen LogP contribution in [0.3, 0.4) is 0 Å². The molecule has 168 valence electrons. The Balaban J connectivity index is 1.80. The minimum Gasteiger partial charge on any atom is -0.381 e.